The molecule has 0 aromatic heterocycles. The van der Waals surface area contributed by atoms with Crippen LogP contribution >= 0.6 is 0 Å². The van der Waals surface area contributed by atoms with E-state index < -0.39 is 0 Å². The Morgan fingerprint density at radius 2 is 0.632 bits per heavy atom. The minimum Gasteiger partial charge on any atom is -0.457 e. The van der Waals surface area contributed by atoms with Crippen molar-refractivity contribution in [3.05, 3.63) is 293 Å². The van der Waals surface area contributed by atoms with E-state index >= 15 is 0 Å². The molecule has 12 rings (SSSR count). The van der Waals surface area contributed by atoms with Gasteiger partial charge in [0.2, 0.25) is 0 Å². The first kappa shape index (κ1) is 47.9. The molecule has 4 heteroatoms. The molecule has 10 aromatic carbocycles. The maximum absolute atomic E-state index is 6.20. The second-order valence-electron chi connectivity index (χ2n) is 19.9. The van der Waals surface area contributed by atoms with Gasteiger partial charge in [0.1, 0.15) is 11.5 Å². The van der Waals surface area contributed by atoms with Crippen LogP contribution in [0.3, 0.4) is 0 Å². The molecule has 0 saturated heterocycles. The van der Waals surface area contributed by atoms with Gasteiger partial charge in [-0.15, -0.1) is 0 Å². The van der Waals surface area contributed by atoms with Crippen molar-refractivity contribution in [1.82, 2.24) is 0 Å². The fourth-order valence-electron chi connectivity index (χ4n) is 10.9. The lowest BCUT2D eigenvalue weighted by atomic mass is 9.90. The largest absolute Gasteiger partial charge is 0.457 e. The third-order valence-corrected chi connectivity index (χ3v) is 14.8. The minimum atomic E-state index is 0.787. The number of fused-ring (bicyclic) bond motifs is 2. The molecule has 0 heterocycles. The smallest absolute Gasteiger partial charge is 0.127 e. The van der Waals surface area contributed by atoms with Crippen molar-refractivity contribution >= 4 is 75.5 Å². The van der Waals surface area contributed by atoms with E-state index in [0.717, 1.165) is 87.1 Å². The summed E-state index contributed by atoms with van der Waals surface area (Å²) in [6.45, 7) is 0. The summed E-state index contributed by atoms with van der Waals surface area (Å²) in [6.07, 6.45) is 18.5. The van der Waals surface area contributed by atoms with E-state index in [1.54, 1.807) is 0 Å². The van der Waals surface area contributed by atoms with Crippen LogP contribution in [0.15, 0.2) is 249 Å². The molecule has 0 aliphatic heterocycles. The van der Waals surface area contributed by atoms with Gasteiger partial charge in [-0.2, -0.15) is 0 Å². The molecule has 0 bridgehead atoms. The van der Waals surface area contributed by atoms with Crippen molar-refractivity contribution < 1.29 is 4.74 Å². The van der Waals surface area contributed by atoms with Crippen LogP contribution in [0.4, 0.5) is 51.2 Å². The van der Waals surface area contributed by atoms with Gasteiger partial charge in [-0.25, -0.2) is 0 Å². The number of nitrogens with zero attached hydrogens (tertiary/aromatic N) is 3. The first-order chi connectivity index (χ1) is 37.6. The Hall–Kier alpha value is -9.12. The van der Waals surface area contributed by atoms with Crippen LogP contribution in [0.2, 0.25) is 0 Å². The van der Waals surface area contributed by atoms with Gasteiger partial charge in [0, 0.05) is 51.2 Å². The second-order valence-corrected chi connectivity index (χ2v) is 19.9. The number of hydrogen-bond acceptors (Lipinski definition) is 4. The summed E-state index contributed by atoms with van der Waals surface area (Å²) >= 11 is 0. The zero-order valence-corrected chi connectivity index (χ0v) is 42.9. The van der Waals surface area contributed by atoms with E-state index in [-0.39, 0.29) is 0 Å². The molecule has 0 fully saturated rings. The third kappa shape index (κ3) is 10.9. The van der Waals surface area contributed by atoms with Gasteiger partial charge in [-0.1, -0.05) is 146 Å². The molecule has 0 saturated carbocycles. The van der Waals surface area contributed by atoms with E-state index in [1.165, 1.54) is 71.4 Å². The molecular formula is C72H61N3O. The van der Waals surface area contributed by atoms with Crippen LogP contribution in [0.5, 0.6) is 11.5 Å². The van der Waals surface area contributed by atoms with Crippen molar-refractivity contribution in [2.45, 2.75) is 51.4 Å². The number of ether oxygens (including phenoxy) is 1. The lowest BCUT2D eigenvalue weighted by Gasteiger charge is -2.30. The molecular weight excluding hydrogens is 923 g/mol. The van der Waals surface area contributed by atoms with Crippen LogP contribution < -0.4 is 19.4 Å². The molecule has 0 N–H and O–H groups in total. The highest BCUT2D eigenvalue weighted by Crippen LogP contribution is 2.42. The Labute approximate surface area is 448 Å². The number of rotatable bonds is 15. The molecule has 10 aromatic rings. The lowest BCUT2D eigenvalue weighted by Crippen LogP contribution is -2.15. The summed E-state index contributed by atoms with van der Waals surface area (Å²) in [5, 5.41) is 0. The summed E-state index contributed by atoms with van der Waals surface area (Å²) in [4.78, 5) is 7.10. The average molecular weight is 984 g/mol. The van der Waals surface area contributed by atoms with Crippen LogP contribution in [0.25, 0.3) is 24.3 Å². The number of aryl methyl sites for hydroxylation is 3. The monoisotopic (exact) mass is 983 g/mol. The highest BCUT2D eigenvalue weighted by atomic mass is 16.5. The molecule has 0 radical (unpaired) electrons. The van der Waals surface area contributed by atoms with Crippen molar-refractivity contribution in [3.8, 4) is 11.5 Å². The predicted octanol–water partition coefficient (Wildman–Crippen LogP) is 20.0. The standard InChI is InChI=1S/C72H61N3O/c1-4-19-61(20-5-1)74(68-48-39-58-15-10-11-17-60(58)53-68)65-44-35-56(36-45-65)28-27-54-31-40-63(41-32-54)73(66-49-51-70(52-50-66)76-69-23-8-3-9-24-69)64-42-33-55(34-43-64)29-30-57-37-46-67(47-38-57)75(62-21-6-2-7-22-62)72-26-14-18-59-16-12-13-25-71(59)72/h1-9,14,18-24,26-53H,10-13,15-17,25H2. The maximum atomic E-state index is 6.20. The van der Waals surface area contributed by atoms with Gasteiger partial charge in [0.15, 0.2) is 0 Å². The summed E-state index contributed by atoms with van der Waals surface area (Å²) in [6, 6.07) is 89.0. The summed E-state index contributed by atoms with van der Waals surface area (Å²) in [7, 11) is 0. The molecule has 0 unspecified atom stereocenters. The number of hydrogen-bond donors (Lipinski definition) is 0. The quantitative estimate of drug-likeness (QED) is 0.0953. The second kappa shape index (κ2) is 22.6. The van der Waals surface area contributed by atoms with E-state index in [2.05, 4.69) is 245 Å². The molecule has 76 heavy (non-hydrogen) atoms. The Morgan fingerprint density at radius 3 is 1.14 bits per heavy atom. The van der Waals surface area contributed by atoms with Gasteiger partial charge < -0.3 is 19.4 Å². The van der Waals surface area contributed by atoms with Crippen LogP contribution in [0.1, 0.15) is 70.2 Å². The Balaban J connectivity index is 0.777. The van der Waals surface area contributed by atoms with Crippen molar-refractivity contribution in [1.29, 1.82) is 0 Å². The van der Waals surface area contributed by atoms with Gasteiger partial charge in [0.25, 0.3) is 0 Å². The van der Waals surface area contributed by atoms with E-state index in [0.29, 0.717) is 0 Å². The SMILES string of the molecule is C(=Cc1ccc(N(c2ccccc2)c2ccc3c(c2)CCCC3)cc1)c1ccc(N(c2ccc(C=Cc3ccc(N(c4ccccc4)c4cccc5c4CCCC5)cc3)cc2)c2ccc(Oc3ccccc3)cc2)cc1. The molecule has 0 amide bonds. The topological polar surface area (TPSA) is 19.0 Å². The Bertz CT molecular complexity index is 3570. The molecule has 0 atom stereocenters. The zero-order chi connectivity index (χ0) is 50.9. The number of anilines is 9. The summed E-state index contributed by atoms with van der Waals surface area (Å²) in [5.41, 5.74) is 20.8. The molecule has 2 aliphatic rings. The zero-order valence-electron chi connectivity index (χ0n) is 42.9. The lowest BCUT2D eigenvalue weighted by molar-refractivity contribution is 0.483. The summed E-state index contributed by atoms with van der Waals surface area (Å²) < 4.78 is 6.20. The first-order valence-corrected chi connectivity index (χ1v) is 27.0. The predicted molar refractivity (Wildman–Crippen MR) is 321 cm³/mol. The van der Waals surface area contributed by atoms with E-state index in [4.69, 9.17) is 4.74 Å². The van der Waals surface area contributed by atoms with Crippen LogP contribution in [-0.2, 0) is 25.7 Å². The van der Waals surface area contributed by atoms with Gasteiger partial charge in [-0.05, 0) is 223 Å². The third-order valence-electron chi connectivity index (χ3n) is 14.8. The van der Waals surface area contributed by atoms with Gasteiger partial charge in [0.05, 0.1) is 0 Å². The minimum absolute atomic E-state index is 0.787. The fraction of sp³-hybridized carbons (Fsp3) is 0.111. The molecule has 0 spiro atoms. The molecule has 4 nitrogen and oxygen atoms in total. The molecule has 370 valence electrons. The van der Waals surface area contributed by atoms with Crippen molar-refractivity contribution in [3.63, 3.8) is 0 Å². The van der Waals surface area contributed by atoms with Crippen molar-refractivity contribution in [2.24, 2.45) is 0 Å². The normalized spacial score (nSPS) is 13.0. The van der Waals surface area contributed by atoms with Crippen LogP contribution in [-0.4, -0.2) is 0 Å². The van der Waals surface area contributed by atoms with Gasteiger partial charge in [-0.3, -0.25) is 0 Å². The fourth-order valence-corrected chi connectivity index (χ4v) is 10.9. The average Bonchev–Trinajstić information content (AvgIpc) is 3.49. The Kier molecular flexibility index (Phi) is 14.2. The summed E-state index contributed by atoms with van der Waals surface area (Å²) in [5.74, 6) is 1.60. The van der Waals surface area contributed by atoms with Gasteiger partial charge >= 0.3 is 0 Å². The van der Waals surface area contributed by atoms with E-state index in [1.807, 2.05) is 42.5 Å². The molecule has 2 aliphatic carbocycles. The van der Waals surface area contributed by atoms with E-state index in [9.17, 15) is 0 Å². The first-order valence-electron chi connectivity index (χ1n) is 27.0. The highest BCUT2D eigenvalue weighted by molar-refractivity contribution is 5.83. The maximum Gasteiger partial charge on any atom is 0.127 e. The highest BCUT2D eigenvalue weighted by Gasteiger charge is 2.21. The number of benzene rings is 10. The van der Waals surface area contributed by atoms with Crippen molar-refractivity contribution in [2.75, 3.05) is 14.7 Å². The Morgan fingerprint density at radius 1 is 0.263 bits per heavy atom. The van der Waals surface area contributed by atoms with Crippen LogP contribution in [0, 0.1) is 0 Å². The number of para-hydroxylation sites is 3.